The first-order chi connectivity index (χ1) is 5.33. The summed E-state index contributed by atoms with van der Waals surface area (Å²) in [4.78, 5) is 14.4. The fourth-order valence-electron chi connectivity index (χ4n) is 0.579. The molecule has 0 aliphatic heterocycles. The molecule has 0 aliphatic rings. The number of nitrogens with one attached hydrogen (secondary N) is 1. The van der Waals surface area contributed by atoms with Crippen molar-refractivity contribution in [2.24, 2.45) is 5.84 Å². The molecule has 0 bridgehead atoms. The van der Waals surface area contributed by atoms with Gasteiger partial charge in [0.25, 0.3) is 0 Å². The third-order valence-corrected chi connectivity index (χ3v) is 1.02. The molecule has 0 saturated carbocycles. The highest BCUT2D eigenvalue weighted by Gasteiger charge is 1.98. The zero-order chi connectivity index (χ0) is 8.10. The maximum Gasteiger partial charge on any atom is 0.358 e. The van der Waals surface area contributed by atoms with Crippen molar-refractivity contribution in [1.29, 1.82) is 0 Å². The summed E-state index contributed by atoms with van der Waals surface area (Å²) in [6.45, 7) is 0. The van der Waals surface area contributed by atoms with Gasteiger partial charge in [-0.15, -0.1) is 5.43 Å². The molecule has 1 heterocycles. The third kappa shape index (κ3) is 2.23. The molecule has 1 aromatic rings. The molecule has 5 nitrogen and oxygen atoms in total. The molecule has 3 N–H and O–H groups in total. The fraction of sp³-hybridized carbons (Fsp3) is 0. The Labute approximate surface area is 63.6 Å². The number of pyridine rings is 1. The second kappa shape index (κ2) is 3.52. The van der Waals surface area contributed by atoms with Gasteiger partial charge >= 0.3 is 6.03 Å². The molecular weight excluding hydrogens is 144 g/mol. The molecular formula is C6H7N4O. The van der Waals surface area contributed by atoms with Gasteiger partial charge in [-0.1, -0.05) is 6.07 Å². The van der Waals surface area contributed by atoms with E-state index in [1.807, 2.05) is 0 Å². The van der Waals surface area contributed by atoms with E-state index in [1.54, 1.807) is 24.4 Å². The summed E-state index contributed by atoms with van der Waals surface area (Å²) in [6, 6.07) is 4.53. The van der Waals surface area contributed by atoms with Crippen molar-refractivity contribution in [2.45, 2.75) is 0 Å². The minimum absolute atomic E-state index is 0.437. The van der Waals surface area contributed by atoms with Gasteiger partial charge in [0.2, 0.25) is 0 Å². The van der Waals surface area contributed by atoms with Crippen LogP contribution in [0.25, 0.3) is 0 Å². The molecule has 0 spiro atoms. The third-order valence-electron chi connectivity index (χ3n) is 1.02. The number of aromatic nitrogens is 1. The molecule has 0 unspecified atom stereocenters. The molecule has 1 radical (unpaired) electrons. The Balaban J connectivity index is 2.58. The summed E-state index contributed by atoms with van der Waals surface area (Å²) in [7, 11) is 0. The number of hydrogen-bond donors (Lipinski definition) is 2. The van der Waals surface area contributed by atoms with Gasteiger partial charge in [-0.2, -0.15) is 0 Å². The van der Waals surface area contributed by atoms with E-state index < -0.39 is 6.03 Å². The number of hydrogen-bond acceptors (Lipinski definition) is 3. The predicted octanol–water partition coefficient (Wildman–Crippen LogP) is 0.0916. The van der Waals surface area contributed by atoms with E-state index in [4.69, 9.17) is 5.84 Å². The van der Waals surface area contributed by atoms with Crippen LogP contribution in [-0.4, -0.2) is 11.0 Å². The number of nitrogens with two attached hydrogens (primary N) is 1. The van der Waals surface area contributed by atoms with Crippen LogP contribution in [0, 0.1) is 0 Å². The van der Waals surface area contributed by atoms with Crippen molar-refractivity contribution in [1.82, 2.24) is 10.4 Å². The van der Waals surface area contributed by atoms with Crippen LogP contribution in [0.5, 0.6) is 0 Å². The average Bonchev–Trinajstić information content (AvgIpc) is 2.06. The topological polar surface area (TPSA) is 82.1 Å². The van der Waals surface area contributed by atoms with E-state index in [-0.39, 0.29) is 0 Å². The molecule has 2 amide bonds. The lowest BCUT2D eigenvalue weighted by Gasteiger charge is -1.98. The highest BCUT2D eigenvalue weighted by Crippen LogP contribution is 1.98. The van der Waals surface area contributed by atoms with Gasteiger partial charge in [0, 0.05) is 6.20 Å². The SMILES string of the molecule is N[N]C(=O)Nc1ccccn1. The van der Waals surface area contributed by atoms with Gasteiger partial charge < -0.3 is 0 Å². The molecule has 0 atom stereocenters. The highest BCUT2D eigenvalue weighted by molar-refractivity contribution is 5.87. The summed E-state index contributed by atoms with van der Waals surface area (Å²) in [6.07, 6.45) is 1.56. The summed E-state index contributed by atoms with van der Waals surface area (Å²) < 4.78 is 0. The lowest BCUT2D eigenvalue weighted by atomic mass is 10.5. The summed E-state index contributed by atoms with van der Waals surface area (Å²) in [5.74, 6) is 5.14. The summed E-state index contributed by atoms with van der Waals surface area (Å²) in [5.41, 5.74) is 2.89. The molecule has 57 valence electrons. The molecule has 0 aromatic carbocycles. The van der Waals surface area contributed by atoms with Crippen LogP contribution in [0.1, 0.15) is 0 Å². The van der Waals surface area contributed by atoms with Crippen LogP contribution >= 0.6 is 0 Å². The molecule has 5 heteroatoms. The van der Waals surface area contributed by atoms with E-state index in [9.17, 15) is 4.79 Å². The van der Waals surface area contributed by atoms with E-state index in [1.165, 1.54) is 0 Å². The largest absolute Gasteiger partial charge is 0.358 e. The van der Waals surface area contributed by atoms with E-state index >= 15 is 0 Å². The van der Waals surface area contributed by atoms with Crippen LogP contribution in [0.4, 0.5) is 10.6 Å². The first-order valence-electron chi connectivity index (χ1n) is 2.96. The Kier molecular flexibility index (Phi) is 2.40. The Bertz CT molecular complexity index is 236. The van der Waals surface area contributed by atoms with Gasteiger partial charge in [0.05, 0.1) is 0 Å². The summed E-state index contributed by atoms with van der Waals surface area (Å²) >= 11 is 0. The van der Waals surface area contributed by atoms with Crippen molar-refractivity contribution >= 4 is 11.8 Å². The number of amides is 2. The number of urea groups is 1. The van der Waals surface area contributed by atoms with Gasteiger partial charge in [0.1, 0.15) is 5.82 Å². The lowest BCUT2D eigenvalue weighted by molar-refractivity contribution is 0.251. The number of rotatable bonds is 1. The molecule has 0 saturated heterocycles. The van der Waals surface area contributed by atoms with Crippen molar-refractivity contribution in [3.05, 3.63) is 24.4 Å². The number of carbonyl (C=O) groups is 1. The van der Waals surface area contributed by atoms with Crippen molar-refractivity contribution in [3.8, 4) is 0 Å². The van der Waals surface area contributed by atoms with Crippen molar-refractivity contribution in [2.75, 3.05) is 5.32 Å². The second-order valence-corrected chi connectivity index (χ2v) is 1.77. The van der Waals surface area contributed by atoms with Crippen LogP contribution in [-0.2, 0) is 0 Å². The van der Waals surface area contributed by atoms with Crippen LogP contribution in [0.3, 0.4) is 0 Å². The normalized spacial score (nSPS) is 8.82. The fourth-order valence-corrected chi connectivity index (χ4v) is 0.579. The average molecular weight is 151 g/mol. The highest BCUT2D eigenvalue weighted by atomic mass is 16.2. The van der Waals surface area contributed by atoms with Crippen molar-refractivity contribution in [3.63, 3.8) is 0 Å². The molecule has 11 heavy (non-hydrogen) atoms. The quantitative estimate of drug-likeness (QED) is 0.339. The maximum absolute atomic E-state index is 10.5. The Morgan fingerprint density at radius 1 is 1.64 bits per heavy atom. The first kappa shape index (κ1) is 7.49. The standard InChI is InChI=1S/C6H7N4O/c7-10-6(11)9-5-3-1-2-4-8-5/h1-4H,7H2,(H,8,9,11). The smallest absolute Gasteiger partial charge is 0.290 e. The van der Waals surface area contributed by atoms with E-state index in [0.717, 1.165) is 0 Å². The molecule has 0 aliphatic carbocycles. The zero-order valence-electron chi connectivity index (χ0n) is 5.69. The van der Waals surface area contributed by atoms with Crippen LogP contribution in [0.2, 0.25) is 0 Å². The first-order valence-corrected chi connectivity index (χ1v) is 2.96. The predicted molar refractivity (Wildman–Crippen MR) is 39.6 cm³/mol. The Morgan fingerprint density at radius 2 is 2.45 bits per heavy atom. The van der Waals surface area contributed by atoms with E-state index in [2.05, 4.69) is 15.7 Å². The van der Waals surface area contributed by atoms with Gasteiger partial charge in [-0.05, 0) is 12.1 Å². The number of anilines is 1. The lowest BCUT2D eigenvalue weighted by Crippen LogP contribution is -2.27. The minimum Gasteiger partial charge on any atom is -0.290 e. The van der Waals surface area contributed by atoms with Crippen molar-refractivity contribution < 1.29 is 4.79 Å². The molecule has 1 aromatic heterocycles. The Morgan fingerprint density at radius 3 is 3.00 bits per heavy atom. The van der Waals surface area contributed by atoms with Crippen LogP contribution < -0.4 is 16.6 Å². The monoisotopic (exact) mass is 151 g/mol. The van der Waals surface area contributed by atoms with E-state index in [0.29, 0.717) is 5.82 Å². The zero-order valence-corrected chi connectivity index (χ0v) is 5.69. The molecule has 0 fully saturated rings. The number of carbonyl (C=O) groups excluding carboxylic acids is 1. The van der Waals surface area contributed by atoms with Gasteiger partial charge in [-0.25, -0.2) is 15.6 Å². The second-order valence-electron chi connectivity index (χ2n) is 1.77. The van der Waals surface area contributed by atoms with Gasteiger partial charge in [-0.3, -0.25) is 5.32 Å². The van der Waals surface area contributed by atoms with Crippen LogP contribution in [0.15, 0.2) is 24.4 Å². The number of nitrogens with zero attached hydrogens (tertiary/aromatic N) is 2. The maximum atomic E-state index is 10.5. The minimum atomic E-state index is -0.608. The van der Waals surface area contributed by atoms with Gasteiger partial charge in [0.15, 0.2) is 0 Å². The summed E-state index contributed by atoms with van der Waals surface area (Å²) in [5, 5.41) is 2.35. The molecule has 1 rings (SSSR count). The Hall–Kier alpha value is -1.62.